The fraction of sp³-hybridized carbons (Fsp3) is 0.636. The Bertz CT molecular complexity index is 274. The lowest BCUT2D eigenvalue weighted by Crippen LogP contribution is -2.10. The average molecular weight is 209 g/mol. The first-order valence-electron chi connectivity index (χ1n) is 5.41. The van der Waals surface area contributed by atoms with E-state index in [2.05, 4.69) is 24.0 Å². The number of nitrogens with zero attached hydrogens (tertiary/aromatic N) is 2. The third-order valence-corrected chi connectivity index (χ3v) is 2.20. The van der Waals surface area contributed by atoms with E-state index in [9.17, 15) is 0 Å². The second-order valence-corrected chi connectivity index (χ2v) is 3.77. The lowest BCUT2D eigenvalue weighted by atomic mass is 10.1. The van der Waals surface area contributed by atoms with Crippen LogP contribution in [0.15, 0.2) is 12.1 Å². The molecule has 0 bridgehead atoms. The van der Waals surface area contributed by atoms with Crippen molar-refractivity contribution in [1.29, 1.82) is 0 Å². The van der Waals surface area contributed by atoms with Crippen LogP contribution in [-0.4, -0.2) is 16.8 Å². The van der Waals surface area contributed by atoms with Gasteiger partial charge in [-0.05, 0) is 18.4 Å². The summed E-state index contributed by atoms with van der Waals surface area (Å²) in [5, 5.41) is 7.85. The zero-order valence-corrected chi connectivity index (χ0v) is 9.44. The fourth-order valence-corrected chi connectivity index (χ4v) is 1.34. The molecule has 2 N–H and O–H groups in total. The van der Waals surface area contributed by atoms with Crippen molar-refractivity contribution in [2.75, 3.05) is 6.61 Å². The smallest absolute Gasteiger partial charge is 0.233 e. The van der Waals surface area contributed by atoms with Gasteiger partial charge in [-0.25, -0.2) is 0 Å². The van der Waals surface area contributed by atoms with Gasteiger partial charge in [0, 0.05) is 12.6 Å². The molecule has 0 amide bonds. The van der Waals surface area contributed by atoms with Gasteiger partial charge in [-0.15, -0.1) is 5.10 Å². The van der Waals surface area contributed by atoms with Gasteiger partial charge >= 0.3 is 0 Å². The van der Waals surface area contributed by atoms with E-state index in [1.165, 1.54) is 12.8 Å². The Labute approximate surface area is 90.8 Å². The van der Waals surface area contributed by atoms with Crippen molar-refractivity contribution >= 4 is 0 Å². The maximum atomic E-state index is 5.51. The fourth-order valence-electron chi connectivity index (χ4n) is 1.34. The highest BCUT2D eigenvalue weighted by Gasteiger charge is 2.03. The number of hydrogen-bond acceptors (Lipinski definition) is 4. The van der Waals surface area contributed by atoms with Crippen molar-refractivity contribution in [3.63, 3.8) is 0 Å². The van der Waals surface area contributed by atoms with Crippen LogP contribution in [0, 0.1) is 5.92 Å². The molecule has 15 heavy (non-hydrogen) atoms. The minimum absolute atomic E-state index is 0.416. The summed E-state index contributed by atoms with van der Waals surface area (Å²) in [6.07, 6.45) is 2.36. The van der Waals surface area contributed by atoms with E-state index >= 15 is 0 Å². The van der Waals surface area contributed by atoms with Gasteiger partial charge in [0.25, 0.3) is 0 Å². The molecule has 0 aliphatic rings. The SMILES string of the molecule is CCCC(C)COc1ccc(CN)nn1. The Morgan fingerprint density at radius 2 is 2.20 bits per heavy atom. The molecule has 1 heterocycles. The van der Waals surface area contributed by atoms with Crippen LogP contribution >= 0.6 is 0 Å². The highest BCUT2D eigenvalue weighted by Crippen LogP contribution is 2.09. The quantitative estimate of drug-likeness (QED) is 0.775. The maximum Gasteiger partial charge on any atom is 0.233 e. The van der Waals surface area contributed by atoms with E-state index in [1.54, 1.807) is 0 Å². The molecule has 0 aromatic carbocycles. The molecular weight excluding hydrogens is 190 g/mol. The summed E-state index contributed by atoms with van der Waals surface area (Å²) in [6.45, 7) is 5.46. The Kier molecular flexibility index (Phi) is 5.04. The van der Waals surface area contributed by atoms with Crippen molar-refractivity contribution in [3.05, 3.63) is 17.8 Å². The average Bonchev–Trinajstić information content (AvgIpc) is 2.27. The highest BCUT2D eigenvalue weighted by atomic mass is 16.5. The monoisotopic (exact) mass is 209 g/mol. The first-order valence-corrected chi connectivity index (χ1v) is 5.41. The second kappa shape index (κ2) is 6.35. The van der Waals surface area contributed by atoms with Crippen molar-refractivity contribution in [2.24, 2.45) is 11.7 Å². The number of rotatable bonds is 6. The van der Waals surface area contributed by atoms with Crippen molar-refractivity contribution < 1.29 is 4.74 Å². The zero-order valence-electron chi connectivity index (χ0n) is 9.44. The van der Waals surface area contributed by atoms with Crippen LogP contribution in [0.2, 0.25) is 0 Å². The molecule has 1 aromatic heterocycles. The van der Waals surface area contributed by atoms with Gasteiger partial charge in [-0.1, -0.05) is 20.3 Å². The van der Waals surface area contributed by atoms with Crippen LogP contribution in [0.3, 0.4) is 0 Å². The topological polar surface area (TPSA) is 61.0 Å². The maximum absolute atomic E-state index is 5.51. The molecule has 0 saturated carbocycles. The summed E-state index contributed by atoms with van der Waals surface area (Å²) in [4.78, 5) is 0. The molecule has 4 heteroatoms. The summed E-state index contributed by atoms with van der Waals surface area (Å²) < 4.78 is 5.51. The summed E-state index contributed by atoms with van der Waals surface area (Å²) in [7, 11) is 0. The van der Waals surface area contributed by atoms with E-state index in [0.29, 0.717) is 24.9 Å². The second-order valence-electron chi connectivity index (χ2n) is 3.77. The Balaban J connectivity index is 2.37. The van der Waals surface area contributed by atoms with E-state index in [1.807, 2.05) is 12.1 Å². The van der Waals surface area contributed by atoms with Crippen molar-refractivity contribution in [2.45, 2.75) is 33.2 Å². The summed E-state index contributed by atoms with van der Waals surface area (Å²) in [5.74, 6) is 1.14. The lowest BCUT2D eigenvalue weighted by molar-refractivity contribution is 0.240. The summed E-state index contributed by atoms with van der Waals surface area (Å²) in [6, 6.07) is 3.65. The van der Waals surface area contributed by atoms with Crippen molar-refractivity contribution in [1.82, 2.24) is 10.2 Å². The Morgan fingerprint density at radius 1 is 1.40 bits per heavy atom. The summed E-state index contributed by atoms with van der Waals surface area (Å²) in [5.41, 5.74) is 6.20. The third kappa shape index (κ3) is 4.25. The molecule has 0 aliphatic heterocycles. The van der Waals surface area contributed by atoms with Gasteiger partial charge < -0.3 is 10.5 Å². The first kappa shape index (κ1) is 11.9. The zero-order chi connectivity index (χ0) is 11.1. The molecule has 1 atom stereocenters. The minimum Gasteiger partial charge on any atom is -0.476 e. The van der Waals surface area contributed by atoms with Crippen LogP contribution in [0.4, 0.5) is 0 Å². The molecule has 1 rings (SSSR count). The molecule has 1 unspecified atom stereocenters. The van der Waals surface area contributed by atoms with Crippen LogP contribution in [0.5, 0.6) is 5.88 Å². The van der Waals surface area contributed by atoms with Crippen molar-refractivity contribution in [3.8, 4) is 5.88 Å². The molecule has 1 aromatic rings. The van der Waals surface area contributed by atoms with Crippen LogP contribution in [0.25, 0.3) is 0 Å². The van der Waals surface area contributed by atoms with E-state index < -0.39 is 0 Å². The Morgan fingerprint density at radius 3 is 2.73 bits per heavy atom. The largest absolute Gasteiger partial charge is 0.476 e. The van der Waals surface area contributed by atoms with Gasteiger partial charge in [-0.3, -0.25) is 0 Å². The van der Waals surface area contributed by atoms with Gasteiger partial charge in [0.15, 0.2) is 0 Å². The Hall–Kier alpha value is -1.16. The van der Waals surface area contributed by atoms with Gasteiger partial charge in [0.1, 0.15) is 0 Å². The van der Waals surface area contributed by atoms with E-state index in [4.69, 9.17) is 10.5 Å². The standard InChI is InChI=1S/C11H19N3O/c1-3-4-9(2)8-15-11-6-5-10(7-12)13-14-11/h5-6,9H,3-4,7-8,12H2,1-2H3. The van der Waals surface area contributed by atoms with Crippen LogP contribution in [0.1, 0.15) is 32.4 Å². The highest BCUT2D eigenvalue weighted by molar-refractivity contribution is 5.11. The molecular formula is C11H19N3O. The normalized spacial score (nSPS) is 12.5. The number of ether oxygens (including phenoxy) is 1. The lowest BCUT2D eigenvalue weighted by Gasteiger charge is -2.10. The van der Waals surface area contributed by atoms with Gasteiger partial charge in [-0.2, -0.15) is 5.10 Å². The molecule has 4 nitrogen and oxygen atoms in total. The molecule has 0 saturated heterocycles. The molecule has 0 aliphatic carbocycles. The van der Waals surface area contributed by atoms with Gasteiger partial charge in [0.2, 0.25) is 5.88 Å². The first-order chi connectivity index (χ1) is 7.26. The van der Waals surface area contributed by atoms with Gasteiger partial charge in [0.05, 0.1) is 12.3 Å². The predicted octanol–water partition coefficient (Wildman–Crippen LogP) is 1.75. The summed E-state index contributed by atoms with van der Waals surface area (Å²) >= 11 is 0. The predicted molar refractivity (Wildman–Crippen MR) is 59.5 cm³/mol. The van der Waals surface area contributed by atoms with Crippen LogP contribution < -0.4 is 10.5 Å². The molecule has 0 fully saturated rings. The number of nitrogens with two attached hydrogens (primary N) is 1. The molecule has 84 valence electrons. The number of aromatic nitrogens is 2. The van der Waals surface area contributed by atoms with E-state index in [0.717, 1.165) is 5.69 Å². The van der Waals surface area contributed by atoms with E-state index in [-0.39, 0.29) is 0 Å². The van der Waals surface area contributed by atoms with Crippen LogP contribution in [-0.2, 0) is 6.54 Å². The minimum atomic E-state index is 0.416. The molecule has 0 spiro atoms. The molecule has 0 radical (unpaired) electrons. The number of hydrogen-bond donors (Lipinski definition) is 1. The third-order valence-electron chi connectivity index (χ3n) is 2.20.